The molecule has 2 aromatic heterocycles. The molecule has 1 saturated carbocycles. The highest BCUT2D eigenvalue weighted by molar-refractivity contribution is 7.85. The molecule has 0 radical (unpaired) electrons. The highest BCUT2D eigenvalue weighted by Crippen LogP contribution is 2.55. The van der Waals surface area contributed by atoms with Crippen LogP contribution in [0.3, 0.4) is 0 Å². The van der Waals surface area contributed by atoms with Crippen molar-refractivity contribution in [3.8, 4) is 0 Å². The van der Waals surface area contributed by atoms with Crippen molar-refractivity contribution < 1.29 is 8.60 Å². The lowest BCUT2D eigenvalue weighted by atomic mass is 9.76. The van der Waals surface area contributed by atoms with Gasteiger partial charge in [0.1, 0.15) is 16.8 Å². The Bertz CT molecular complexity index is 1220. The number of fused-ring (bicyclic) bond motifs is 2. The van der Waals surface area contributed by atoms with E-state index in [1.54, 1.807) is 23.7 Å². The molecule has 1 aliphatic carbocycles. The van der Waals surface area contributed by atoms with Crippen LogP contribution in [0.5, 0.6) is 0 Å². The minimum absolute atomic E-state index is 0.150. The summed E-state index contributed by atoms with van der Waals surface area (Å²) in [6.07, 6.45) is 6.06. The number of nitrogens with one attached hydrogen (secondary N) is 2. The summed E-state index contributed by atoms with van der Waals surface area (Å²) in [5.74, 6) is 0.391. The molecule has 2 heterocycles. The van der Waals surface area contributed by atoms with Crippen molar-refractivity contribution in [2.75, 3.05) is 11.0 Å². The van der Waals surface area contributed by atoms with Crippen molar-refractivity contribution in [1.29, 1.82) is 0 Å². The van der Waals surface area contributed by atoms with Gasteiger partial charge in [-0.1, -0.05) is 31.2 Å². The van der Waals surface area contributed by atoms with Gasteiger partial charge in [-0.05, 0) is 47.9 Å². The highest BCUT2D eigenvalue weighted by Gasteiger charge is 2.46. The number of H-pyrrole nitrogens is 1. The number of aromatic nitrogens is 1. The lowest BCUT2D eigenvalue weighted by Gasteiger charge is -2.29. The molecule has 4 aromatic rings. The van der Waals surface area contributed by atoms with Gasteiger partial charge >= 0.3 is 0 Å². The Kier molecular flexibility index (Phi) is 4.10. The highest BCUT2D eigenvalue weighted by atomic mass is 32.2. The minimum Gasteiger partial charge on any atom is -0.359 e. The van der Waals surface area contributed by atoms with Crippen LogP contribution in [0.1, 0.15) is 30.2 Å². The number of aromatic amines is 1. The first-order valence-corrected chi connectivity index (χ1v) is 11.7. The Morgan fingerprint density at radius 2 is 2.04 bits per heavy atom. The van der Waals surface area contributed by atoms with Gasteiger partial charge in [-0.3, -0.25) is 0 Å². The van der Waals surface area contributed by atoms with Gasteiger partial charge in [0.25, 0.3) is 0 Å². The van der Waals surface area contributed by atoms with Crippen LogP contribution in [-0.4, -0.2) is 15.4 Å². The molecule has 144 valence electrons. The second-order valence-corrected chi connectivity index (χ2v) is 9.90. The largest absolute Gasteiger partial charge is 0.359 e. The summed E-state index contributed by atoms with van der Waals surface area (Å²) in [4.78, 5) is 4.60. The SMILES string of the molecule is CS(=O)Nc1cccc2c(C(C)(c3cc4cccc(F)c4s3)C3CC3)c[nH]c12. The number of anilines is 1. The molecule has 1 fully saturated rings. The number of hydrogen-bond acceptors (Lipinski definition) is 2. The normalized spacial score (nSPS) is 17.7. The number of rotatable bonds is 5. The van der Waals surface area contributed by atoms with E-state index in [0.29, 0.717) is 5.92 Å². The number of thiophene rings is 1. The van der Waals surface area contributed by atoms with Gasteiger partial charge in [0.2, 0.25) is 0 Å². The predicted molar refractivity (Wildman–Crippen MR) is 117 cm³/mol. The lowest BCUT2D eigenvalue weighted by Crippen LogP contribution is -2.24. The number of halogens is 1. The molecule has 0 saturated heterocycles. The molecule has 0 spiro atoms. The van der Waals surface area contributed by atoms with Crippen molar-refractivity contribution >= 4 is 49.0 Å². The Hall–Kier alpha value is -2.18. The van der Waals surface area contributed by atoms with Gasteiger partial charge < -0.3 is 9.71 Å². The van der Waals surface area contributed by atoms with Crippen LogP contribution in [-0.2, 0) is 16.4 Å². The Balaban J connectivity index is 1.72. The molecule has 2 unspecified atom stereocenters. The van der Waals surface area contributed by atoms with E-state index in [4.69, 9.17) is 0 Å². The van der Waals surface area contributed by atoms with E-state index >= 15 is 0 Å². The molecule has 0 aliphatic heterocycles. The summed E-state index contributed by atoms with van der Waals surface area (Å²) < 4.78 is 29.8. The van der Waals surface area contributed by atoms with Gasteiger partial charge in [0.15, 0.2) is 0 Å². The average molecular weight is 413 g/mol. The summed E-state index contributed by atoms with van der Waals surface area (Å²) in [5, 5.41) is 2.10. The van der Waals surface area contributed by atoms with Crippen molar-refractivity contribution in [1.82, 2.24) is 4.98 Å². The van der Waals surface area contributed by atoms with Crippen molar-refractivity contribution in [3.63, 3.8) is 0 Å². The van der Waals surface area contributed by atoms with Crippen LogP contribution in [0, 0.1) is 11.7 Å². The lowest BCUT2D eigenvalue weighted by molar-refractivity contribution is 0.509. The van der Waals surface area contributed by atoms with E-state index in [2.05, 4.69) is 35.0 Å². The summed E-state index contributed by atoms with van der Waals surface area (Å²) in [5.41, 5.74) is 2.85. The fourth-order valence-electron chi connectivity index (χ4n) is 4.32. The van der Waals surface area contributed by atoms with Gasteiger partial charge in [-0.25, -0.2) is 8.60 Å². The Morgan fingerprint density at radius 1 is 1.25 bits per heavy atom. The zero-order valence-corrected chi connectivity index (χ0v) is 17.3. The summed E-state index contributed by atoms with van der Waals surface area (Å²) in [7, 11) is -1.14. The van der Waals surface area contributed by atoms with Crippen LogP contribution < -0.4 is 4.72 Å². The molecule has 1 aliphatic rings. The van der Waals surface area contributed by atoms with E-state index in [9.17, 15) is 8.60 Å². The maximum atomic E-state index is 14.3. The third-order valence-corrected chi connectivity index (χ3v) is 7.83. The molecule has 0 bridgehead atoms. The Labute approximate surface area is 169 Å². The van der Waals surface area contributed by atoms with E-state index in [-0.39, 0.29) is 11.2 Å². The predicted octanol–water partition coefficient (Wildman–Crippen LogP) is 5.94. The minimum atomic E-state index is -1.14. The van der Waals surface area contributed by atoms with Crippen LogP contribution in [0.15, 0.2) is 48.7 Å². The second-order valence-electron chi connectivity index (χ2n) is 7.73. The monoisotopic (exact) mass is 412 g/mol. The molecular weight excluding hydrogens is 391 g/mol. The number of para-hydroxylation sites is 1. The molecule has 6 heteroatoms. The molecule has 5 rings (SSSR count). The third kappa shape index (κ3) is 2.70. The summed E-state index contributed by atoms with van der Waals surface area (Å²) in [6, 6.07) is 13.5. The van der Waals surface area contributed by atoms with Crippen LogP contribution >= 0.6 is 11.3 Å². The fraction of sp³-hybridized carbons (Fsp3) is 0.273. The second kappa shape index (κ2) is 6.42. The molecule has 3 nitrogen and oxygen atoms in total. The van der Waals surface area contributed by atoms with E-state index in [1.165, 1.54) is 29.3 Å². The molecule has 2 N–H and O–H groups in total. The van der Waals surface area contributed by atoms with Crippen LogP contribution in [0.4, 0.5) is 10.1 Å². The maximum Gasteiger partial charge on any atom is 0.140 e. The first kappa shape index (κ1) is 17.9. The zero-order chi connectivity index (χ0) is 19.5. The van der Waals surface area contributed by atoms with Gasteiger partial charge in [-0.15, -0.1) is 11.3 Å². The molecule has 2 aromatic carbocycles. The Morgan fingerprint density at radius 3 is 2.75 bits per heavy atom. The van der Waals surface area contributed by atoms with Crippen molar-refractivity contribution in [2.24, 2.45) is 5.92 Å². The molecule has 28 heavy (non-hydrogen) atoms. The zero-order valence-electron chi connectivity index (χ0n) is 15.7. The van der Waals surface area contributed by atoms with Crippen LogP contribution in [0.25, 0.3) is 21.0 Å². The van der Waals surface area contributed by atoms with E-state index in [1.807, 2.05) is 18.2 Å². The summed E-state index contributed by atoms with van der Waals surface area (Å²) in [6.45, 7) is 2.29. The van der Waals surface area contributed by atoms with Crippen molar-refractivity contribution in [3.05, 3.63) is 64.9 Å². The molecule has 2 atom stereocenters. The standard InChI is InChI=1S/C22H21FN2OS2/c1-22(14-9-10-14,19-11-13-5-3-7-17(23)21(13)27-19)16-12-24-20-15(16)6-4-8-18(20)25-28(2)26/h3-8,11-12,14,24-25H,9-10H2,1-2H3. The maximum absolute atomic E-state index is 14.3. The first-order chi connectivity index (χ1) is 13.5. The van der Waals surface area contributed by atoms with E-state index < -0.39 is 11.0 Å². The first-order valence-electron chi connectivity index (χ1n) is 9.37. The molecular formula is C22H21FN2OS2. The van der Waals surface area contributed by atoms with E-state index in [0.717, 1.165) is 26.7 Å². The smallest absolute Gasteiger partial charge is 0.140 e. The molecule has 0 amide bonds. The van der Waals surface area contributed by atoms with Crippen molar-refractivity contribution in [2.45, 2.75) is 25.2 Å². The quantitative estimate of drug-likeness (QED) is 0.418. The fourth-order valence-corrected chi connectivity index (χ4v) is 6.11. The van der Waals surface area contributed by atoms with Gasteiger partial charge in [0, 0.05) is 28.1 Å². The number of benzene rings is 2. The van der Waals surface area contributed by atoms with Crippen LogP contribution in [0.2, 0.25) is 0 Å². The average Bonchev–Trinajstić information content (AvgIpc) is 3.26. The van der Waals surface area contributed by atoms with Gasteiger partial charge in [-0.2, -0.15) is 0 Å². The summed E-state index contributed by atoms with van der Waals surface area (Å²) >= 11 is 1.57. The topological polar surface area (TPSA) is 44.9 Å². The van der Waals surface area contributed by atoms with Gasteiger partial charge in [0.05, 0.1) is 15.9 Å². The third-order valence-electron chi connectivity index (χ3n) is 5.93. The number of hydrogen-bond donors (Lipinski definition) is 2.